The zero-order chi connectivity index (χ0) is 22.6. The highest BCUT2D eigenvalue weighted by Crippen LogP contribution is 2.27. The van der Waals surface area contributed by atoms with Crippen molar-refractivity contribution in [3.63, 3.8) is 0 Å². The first kappa shape index (κ1) is 23.1. The largest absolute Gasteiger partial charge is 0.474 e. The van der Waals surface area contributed by atoms with E-state index in [1.807, 2.05) is 6.92 Å². The van der Waals surface area contributed by atoms with Gasteiger partial charge in [0.15, 0.2) is 12.3 Å². The van der Waals surface area contributed by atoms with Gasteiger partial charge in [0.2, 0.25) is 11.8 Å². The molecule has 1 N–H and O–H groups in total. The van der Waals surface area contributed by atoms with E-state index < -0.39 is 12.8 Å². The summed E-state index contributed by atoms with van der Waals surface area (Å²) in [7, 11) is 1.54. The van der Waals surface area contributed by atoms with Gasteiger partial charge in [-0.25, -0.2) is 0 Å². The normalized spacial score (nSPS) is 20.5. The van der Waals surface area contributed by atoms with Gasteiger partial charge in [0.05, 0.1) is 12.7 Å². The summed E-state index contributed by atoms with van der Waals surface area (Å²) in [5.41, 5.74) is 0.816. The summed E-state index contributed by atoms with van der Waals surface area (Å²) >= 11 is 0. The number of halogens is 3. The summed E-state index contributed by atoms with van der Waals surface area (Å²) < 4.78 is 55.2. The lowest BCUT2D eigenvalue weighted by Crippen LogP contribution is -2.36. The van der Waals surface area contributed by atoms with E-state index in [1.54, 1.807) is 19.2 Å². The molecule has 0 bridgehead atoms. The van der Waals surface area contributed by atoms with Gasteiger partial charge in [-0.05, 0) is 38.7 Å². The van der Waals surface area contributed by atoms with Crippen molar-refractivity contribution in [3.8, 4) is 11.9 Å². The van der Waals surface area contributed by atoms with Crippen LogP contribution in [0.1, 0.15) is 39.5 Å². The Bertz CT molecular complexity index is 894. The molecule has 1 amide bonds. The molecule has 31 heavy (non-hydrogen) atoms. The summed E-state index contributed by atoms with van der Waals surface area (Å²) in [6.07, 6.45) is -1.08. The Morgan fingerprint density at radius 3 is 2.55 bits per heavy atom. The second kappa shape index (κ2) is 9.71. The van der Waals surface area contributed by atoms with Crippen molar-refractivity contribution < 1.29 is 32.2 Å². The molecule has 172 valence electrons. The predicted molar refractivity (Wildman–Crippen MR) is 106 cm³/mol. The highest BCUT2D eigenvalue weighted by atomic mass is 19.4. The molecule has 1 atom stereocenters. The first-order valence-corrected chi connectivity index (χ1v) is 10.2. The van der Waals surface area contributed by atoms with E-state index in [0.717, 1.165) is 25.7 Å². The monoisotopic (exact) mass is 444 g/mol. The van der Waals surface area contributed by atoms with E-state index in [2.05, 4.69) is 15.3 Å². The van der Waals surface area contributed by atoms with Crippen molar-refractivity contribution in [3.05, 3.63) is 12.1 Å². The van der Waals surface area contributed by atoms with E-state index in [-0.39, 0.29) is 30.2 Å². The third-order valence-corrected chi connectivity index (χ3v) is 4.95. The number of rotatable bonds is 8. The summed E-state index contributed by atoms with van der Waals surface area (Å²) in [5.74, 6) is 0.312. The fraction of sp³-hybridized carbons (Fsp3) is 0.650. The first-order valence-electron chi connectivity index (χ1n) is 10.2. The maximum atomic E-state index is 12.4. The summed E-state index contributed by atoms with van der Waals surface area (Å²) in [6.45, 7) is 2.43. The molecule has 1 aliphatic rings. The Balaban J connectivity index is 1.52. The van der Waals surface area contributed by atoms with Gasteiger partial charge in [-0.1, -0.05) is 0 Å². The zero-order valence-corrected chi connectivity index (χ0v) is 17.7. The van der Waals surface area contributed by atoms with Crippen LogP contribution in [-0.2, 0) is 16.6 Å². The van der Waals surface area contributed by atoms with Crippen molar-refractivity contribution >= 4 is 17.1 Å². The second-order valence-electron chi connectivity index (χ2n) is 7.80. The van der Waals surface area contributed by atoms with Crippen LogP contribution >= 0.6 is 0 Å². The Labute approximate surface area is 178 Å². The van der Waals surface area contributed by atoms with Crippen LogP contribution in [0.2, 0.25) is 0 Å². The zero-order valence-electron chi connectivity index (χ0n) is 17.7. The standard InChI is InChI=1S/C20H27F3N4O4/c1-12(24-13(2)28)10-29-14-4-6-15(7-5-14)31-17-9-8-16-18(26-17)27(3)19(25-16)30-11-20(21,22)23/h8-9,12,14-15H,4-7,10-11H2,1-3H3,(H,24,28)/t12-,14-,15-/m0/s1. The lowest BCUT2D eigenvalue weighted by atomic mass is 9.95. The Kier molecular flexibility index (Phi) is 7.24. The molecule has 0 aromatic carbocycles. The number of carbonyl (C=O) groups is 1. The molecule has 1 saturated carbocycles. The van der Waals surface area contributed by atoms with Crippen LogP contribution in [0.4, 0.5) is 13.2 Å². The van der Waals surface area contributed by atoms with Crippen LogP contribution in [0.3, 0.4) is 0 Å². The number of pyridine rings is 1. The average molecular weight is 444 g/mol. The highest BCUT2D eigenvalue weighted by Gasteiger charge is 2.29. The summed E-state index contributed by atoms with van der Waals surface area (Å²) in [5, 5.41) is 2.79. The number of carbonyl (C=O) groups excluding carboxylic acids is 1. The Morgan fingerprint density at radius 2 is 1.90 bits per heavy atom. The molecule has 2 heterocycles. The van der Waals surface area contributed by atoms with E-state index in [0.29, 0.717) is 23.7 Å². The van der Waals surface area contributed by atoms with Crippen molar-refractivity contribution in [2.45, 2.75) is 64.0 Å². The lowest BCUT2D eigenvalue weighted by Gasteiger charge is -2.29. The molecule has 0 radical (unpaired) electrons. The van der Waals surface area contributed by atoms with Crippen LogP contribution in [-0.4, -0.2) is 58.1 Å². The molecule has 0 saturated heterocycles. The number of hydrogen-bond donors (Lipinski definition) is 1. The molecule has 3 rings (SSSR count). The lowest BCUT2D eigenvalue weighted by molar-refractivity contribution is -0.155. The van der Waals surface area contributed by atoms with Crippen molar-refractivity contribution in [2.75, 3.05) is 13.2 Å². The molecule has 0 unspecified atom stereocenters. The van der Waals surface area contributed by atoms with Gasteiger partial charge in [0.1, 0.15) is 11.6 Å². The molecule has 2 aromatic heterocycles. The van der Waals surface area contributed by atoms with Crippen molar-refractivity contribution in [2.24, 2.45) is 7.05 Å². The van der Waals surface area contributed by atoms with Gasteiger partial charge in [0.25, 0.3) is 6.01 Å². The number of nitrogens with one attached hydrogen (secondary N) is 1. The van der Waals surface area contributed by atoms with Crippen LogP contribution in [0.25, 0.3) is 11.2 Å². The van der Waals surface area contributed by atoms with Gasteiger partial charge >= 0.3 is 6.18 Å². The molecule has 8 nitrogen and oxygen atoms in total. The van der Waals surface area contributed by atoms with Gasteiger partial charge < -0.3 is 19.5 Å². The van der Waals surface area contributed by atoms with Gasteiger partial charge in [-0.15, -0.1) is 0 Å². The number of fused-ring (bicyclic) bond motifs is 1. The summed E-state index contributed by atoms with van der Waals surface area (Å²) in [4.78, 5) is 19.5. The third-order valence-electron chi connectivity index (χ3n) is 4.95. The first-order chi connectivity index (χ1) is 14.6. The SMILES string of the molecule is CC(=O)N[C@@H](C)CO[C@H]1CC[C@H](Oc2ccc3nc(OCC(F)(F)F)n(C)c3n2)CC1. The van der Waals surface area contributed by atoms with Gasteiger partial charge in [-0.2, -0.15) is 23.1 Å². The minimum Gasteiger partial charge on any atom is -0.474 e. The Hall–Kier alpha value is -2.56. The molecular weight excluding hydrogens is 417 g/mol. The molecule has 0 aliphatic heterocycles. The quantitative estimate of drug-likeness (QED) is 0.673. The molecule has 2 aromatic rings. The molecular formula is C20H27F3N4O4. The number of ether oxygens (including phenoxy) is 3. The van der Waals surface area contributed by atoms with Crippen LogP contribution in [0.15, 0.2) is 12.1 Å². The number of amides is 1. The van der Waals surface area contributed by atoms with Gasteiger partial charge in [-0.3, -0.25) is 9.36 Å². The molecule has 1 aliphatic carbocycles. The smallest absolute Gasteiger partial charge is 0.422 e. The summed E-state index contributed by atoms with van der Waals surface area (Å²) in [6, 6.07) is 3.12. The van der Waals surface area contributed by atoms with Crippen molar-refractivity contribution in [1.82, 2.24) is 19.9 Å². The number of aromatic nitrogens is 3. The second-order valence-corrected chi connectivity index (χ2v) is 7.80. The van der Waals surface area contributed by atoms with E-state index in [4.69, 9.17) is 14.2 Å². The molecule has 0 spiro atoms. The minimum absolute atomic E-state index is 0.0215. The average Bonchev–Trinajstić information content (AvgIpc) is 3.00. The van der Waals surface area contributed by atoms with Crippen LogP contribution in [0.5, 0.6) is 11.9 Å². The topological polar surface area (TPSA) is 87.5 Å². The predicted octanol–water partition coefficient (Wildman–Crippen LogP) is 3.14. The van der Waals surface area contributed by atoms with E-state index in [1.165, 1.54) is 11.5 Å². The fourth-order valence-electron chi connectivity index (χ4n) is 3.52. The van der Waals surface area contributed by atoms with Gasteiger partial charge in [0, 0.05) is 26.1 Å². The number of hydrogen-bond acceptors (Lipinski definition) is 6. The van der Waals surface area contributed by atoms with Crippen LogP contribution in [0, 0.1) is 0 Å². The minimum atomic E-state index is -4.44. The van der Waals surface area contributed by atoms with E-state index in [9.17, 15) is 18.0 Å². The fourth-order valence-corrected chi connectivity index (χ4v) is 3.52. The number of alkyl halides is 3. The molecule has 11 heteroatoms. The number of imidazole rings is 1. The highest BCUT2D eigenvalue weighted by molar-refractivity contribution is 5.73. The number of aryl methyl sites for hydroxylation is 1. The van der Waals surface area contributed by atoms with Crippen LogP contribution < -0.4 is 14.8 Å². The third kappa shape index (κ3) is 6.71. The van der Waals surface area contributed by atoms with Crippen molar-refractivity contribution in [1.29, 1.82) is 0 Å². The maximum Gasteiger partial charge on any atom is 0.422 e. The maximum absolute atomic E-state index is 12.4. The number of nitrogens with zero attached hydrogens (tertiary/aromatic N) is 3. The molecule has 1 fully saturated rings. The van der Waals surface area contributed by atoms with E-state index >= 15 is 0 Å². The Morgan fingerprint density at radius 1 is 1.23 bits per heavy atom.